The quantitative estimate of drug-likeness (QED) is 0.649. The first-order chi connectivity index (χ1) is 12.6. The van der Waals surface area contributed by atoms with Gasteiger partial charge in [0.2, 0.25) is 0 Å². The van der Waals surface area contributed by atoms with Crippen LogP contribution in [0.4, 0.5) is 0 Å². The van der Waals surface area contributed by atoms with Gasteiger partial charge in [-0.1, -0.05) is 41.5 Å². The first-order valence-corrected chi connectivity index (χ1v) is 9.86. The van der Waals surface area contributed by atoms with Gasteiger partial charge in [0.15, 0.2) is 0 Å². The number of rotatable bonds is 1. The summed E-state index contributed by atoms with van der Waals surface area (Å²) in [6, 6.07) is 4.59. The summed E-state index contributed by atoms with van der Waals surface area (Å²) in [7, 11) is 0. The molecule has 27 heavy (non-hydrogen) atoms. The van der Waals surface area contributed by atoms with E-state index >= 15 is 0 Å². The molecule has 1 aliphatic rings. The molecule has 0 radical (unpaired) electrons. The van der Waals surface area contributed by atoms with Crippen LogP contribution < -0.4 is 5.32 Å². The first-order valence-electron chi connectivity index (χ1n) is 9.86. The third kappa shape index (κ3) is 3.27. The van der Waals surface area contributed by atoms with Crippen LogP contribution in [0.1, 0.15) is 64.1 Å². The lowest BCUT2D eigenvalue weighted by molar-refractivity contribution is 0.555. The molecule has 0 aromatic carbocycles. The summed E-state index contributed by atoms with van der Waals surface area (Å²) in [4.78, 5) is 13.1. The van der Waals surface area contributed by atoms with Crippen LogP contribution in [0, 0.1) is 0 Å². The Morgan fingerprint density at radius 3 is 2.44 bits per heavy atom. The maximum atomic E-state index is 5.03. The zero-order valence-electron chi connectivity index (χ0n) is 17.3. The van der Waals surface area contributed by atoms with Crippen molar-refractivity contribution < 1.29 is 0 Å². The number of aromatic nitrogens is 3. The molecule has 0 amide bonds. The van der Waals surface area contributed by atoms with E-state index in [1.807, 2.05) is 6.20 Å². The Bertz CT molecular complexity index is 1000. The van der Waals surface area contributed by atoms with Crippen LogP contribution in [-0.4, -0.2) is 21.5 Å². The number of hydrogen-bond acceptors (Lipinski definition) is 3. The van der Waals surface area contributed by atoms with Gasteiger partial charge in [-0.05, 0) is 34.2 Å². The Balaban J connectivity index is 1.98. The van der Waals surface area contributed by atoms with Gasteiger partial charge in [0.1, 0.15) is 5.65 Å². The largest absolute Gasteiger partial charge is 0.346 e. The molecule has 4 nitrogen and oxygen atoms in total. The summed E-state index contributed by atoms with van der Waals surface area (Å²) in [5.74, 6) is 0. The lowest BCUT2D eigenvalue weighted by atomic mass is 9.85. The fraction of sp³-hybridized carbons (Fsp3) is 0.478. The van der Waals surface area contributed by atoms with Crippen LogP contribution in [0.2, 0.25) is 0 Å². The lowest BCUT2D eigenvalue weighted by Crippen LogP contribution is -2.27. The van der Waals surface area contributed by atoms with E-state index in [-0.39, 0.29) is 10.8 Å². The van der Waals surface area contributed by atoms with Gasteiger partial charge >= 0.3 is 0 Å². The average Bonchev–Trinajstić information content (AvgIpc) is 3.02. The van der Waals surface area contributed by atoms with Gasteiger partial charge in [-0.25, -0.2) is 4.98 Å². The van der Waals surface area contributed by atoms with Crippen LogP contribution in [0.5, 0.6) is 0 Å². The number of pyridine rings is 2. The number of hydrogen-bond donors (Lipinski definition) is 2. The van der Waals surface area contributed by atoms with Crippen molar-refractivity contribution in [1.29, 1.82) is 0 Å². The number of nitrogens with one attached hydrogen (secondary N) is 2. The molecule has 3 aromatic rings. The highest BCUT2D eigenvalue weighted by molar-refractivity contribution is 5.95. The Morgan fingerprint density at radius 1 is 0.963 bits per heavy atom. The highest BCUT2D eigenvalue weighted by Gasteiger charge is 2.24. The van der Waals surface area contributed by atoms with Crippen LogP contribution in [0.15, 0.2) is 24.5 Å². The van der Waals surface area contributed by atoms with Gasteiger partial charge in [0.25, 0.3) is 0 Å². The zero-order chi connectivity index (χ0) is 19.4. The average molecular weight is 363 g/mol. The Morgan fingerprint density at radius 2 is 1.74 bits per heavy atom. The molecule has 3 aromatic heterocycles. The highest BCUT2D eigenvalue weighted by Crippen LogP contribution is 2.37. The van der Waals surface area contributed by atoms with Crippen molar-refractivity contribution in [2.24, 2.45) is 0 Å². The molecule has 0 bridgehead atoms. The van der Waals surface area contributed by atoms with Crippen molar-refractivity contribution in [3.63, 3.8) is 0 Å². The van der Waals surface area contributed by atoms with E-state index < -0.39 is 0 Å². The third-order valence-electron chi connectivity index (χ3n) is 5.51. The Kier molecular flexibility index (Phi) is 4.15. The fourth-order valence-electron chi connectivity index (χ4n) is 3.71. The van der Waals surface area contributed by atoms with Gasteiger partial charge in [-0.15, -0.1) is 0 Å². The number of nitrogens with zero attached hydrogens (tertiary/aromatic N) is 2. The standard InChI is InChI=1S/C23H30N4/c1-22(2,3)14-9-16-17(13-26-21(16)25-11-14)15-10-20(23(4,5)6)27-19-7-8-24-12-18(15)19/h9-11,13,24H,7-8,12H2,1-6H3,(H,25,26). The predicted molar refractivity (Wildman–Crippen MR) is 112 cm³/mol. The van der Waals surface area contributed by atoms with E-state index in [0.29, 0.717) is 0 Å². The van der Waals surface area contributed by atoms with Crippen molar-refractivity contribution in [3.8, 4) is 11.1 Å². The van der Waals surface area contributed by atoms with Crippen molar-refractivity contribution in [1.82, 2.24) is 20.3 Å². The van der Waals surface area contributed by atoms with Crippen LogP contribution in [0.25, 0.3) is 22.2 Å². The van der Waals surface area contributed by atoms with E-state index in [0.717, 1.165) is 30.9 Å². The second kappa shape index (κ2) is 6.16. The second-order valence-electron chi connectivity index (χ2n) is 9.73. The normalized spacial score (nSPS) is 15.2. The van der Waals surface area contributed by atoms with Crippen molar-refractivity contribution >= 4 is 11.0 Å². The minimum Gasteiger partial charge on any atom is -0.346 e. The monoisotopic (exact) mass is 362 g/mol. The molecule has 0 saturated heterocycles. The van der Waals surface area contributed by atoms with E-state index in [4.69, 9.17) is 9.97 Å². The van der Waals surface area contributed by atoms with Crippen LogP contribution in [-0.2, 0) is 23.8 Å². The SMILES string of the molecule is CC(C)(C)c1cnc2[nH]cc(-c3cc(C(C)(C)C)nc4c3CNCC4)c2c1. The van der Waals surface area contributed by atoms with E-state index in [1.54, 1.807) is 0 Å². The maximum absolute atomic E-state index is 5.03. The van der Waals surface area contributed by atoms with Gasteiger partial charge in [-0.2, -0.15) is 0 Å². The minimum atomic E-state index is 0.0234. The molecule has 0 spiro atoms. The first kappa shape index (κ1) is 18.2. The molecule has 4 rings (SSSR count). The summed E-state index contributed by atoms with van der Waals surface area (Å²) in [5, 5.41) is 4.71. The summed E-state index contributed by atoms with van der Waals surface area (Å²) in [6.45, 7) is 15.3. The molecule has 0 aliphatic carbocycles. The van der Waals surface area contributed by atoms with Crippen molar-refractivity contribution in [2.75, 3.05) is 6.54 Å². The molecule has 1 aliphatic heterocycles. The highest BCUT2D eigenvalue weighted by atomic mass is 14.9. The summed E-state index contributed by atoms with van der Waals surface area (Å²) >= 11 is 0. The van der Waals surface area contributed by atoms with Gasteiger partial charge in [0.05, 0.1) is 0 Å². The van der Waals surface area contributed by atoms with E-state index in [1.165, 1.54) is 33.3 Å². The van der Waals surface area contributed by atoms with Crippen molar-refractivity contribution in [2.45, 2.75) is 65.3 Å². The second-order valence-corrected chi connectivity index (χ2v) is 9.73. The minimum absolute atomic E-state index is 0.0234. The van der Waals surface area contributed by atoms with E-state index in [9.17, 15) is 0 Å². The molecule has 0 unspecified atom stereocenters. The predicted octanol–water partition coefficient (Wildman–Crippen LogP) is 4.87. The van der Waals surface area contributed by atoms with Gasteiger partial charge in [-0.3, -0.25) is 4.98 Å². The lowest BCUT2D eigenvalue weighted by Gasteiger charge is -2.25. The maximum Gasteiger partial charge on any atom is 0.137 e. The molecule has 0 fully saturated rings. The smallest absolute Gasteiger partial charge is 0.137 e. The molecule has 142 valence electrons. The Hall–Kier alpha value is -2.20. The molecule has 4 heteroatoms. The fourth-order valence-corrected chi connectivity index (χ4v) is 3.71. The Labute approximate surface area is 161 Å². The summed E-state index contributed by atoms with van der Waals surface area (Å²) in [5.41, 5.74) is 8.56. The van der Waals surface area contributed by atoms with Gasteiger partial charge in [0, 0.05) is 59.7 Å². The summed E-state index contributed by atoms with van der Waals surface area (Å²) in [6.07, 6.45) is 5.09. The van der Waals surface area contributed by atoms with E-state index in [2.05, 4.69) is 70.2 Å². The number of H-pyrrole nitrogens is 1. The molecular formula is C23H30N4. The molecule has 2 N–H and O–H groups in total. The number of fused-ring (bicyclic) bond motifs is 2. The third-order valence-corrected chi connectivity index (χ3v) is 5.51. The van der Waals surface area contributed by atoms with Crippen molar-refractivity contribution in [3.05, 3.63) is 47.0 Å². The molecule has 0 atom stereocenters. The zero-order valence-corrected chi connectivity index (χ0v) is 17.3. The summed E-state index contributed by atoms with van der Waals surface area (Å²) < 4.78 is 0. The van der Waals surface area contributed by atoms with Crippen LogP contribution >= 0.6 is 0 Å². The molecule has 4 heterocycles. The van der Waals surface area contributed by atoms with Crippen LogP contribution in [0.3, 0.4) is 0 Å². The molecular weight excluding hydrogens is 332 g/mol. The number of aromatic amines is 1. The topological polar surface area (TPSA) is 53.6 Å². The molecule has 0 saturated carbocycles. The van der Waals surface area contributed by atoms with Gasteiger partial charge < -0.3 is 10.3 Å².